The van der Waals surface area contributed by atoms with E-state index >= 15 is 0 Å². The predicted octanol–water partition coefficient (Wildman–Crippen LogP) is 0.0132. The molecule has 0 aliphatic rings. The summed E-state index contributed by atoms with van der Waals surface area (Å²) in [5.74, 6) is 0. The van der Waals surface area contributed by atoms with Gasteiger partial charge in [0, 0.05) is 27.4 Å². The van der Waals surface area contributed by atoms with Gasteiger partial charge in [-0.25, -0.2) is 0 Å². The topological polar surface area (TPSA) is 53.7 Å². The minimum Gasteiger partial charge on any atom is -0.382 e. The third-order valence-corrected chi connectivity index (χ3v) is 1.61. The number of methoxy groups -OCH3 is 2. The highest BCUT2D eigenvalue weighted by Gasteiger charge is 2.02. The molecule has 0 saturated carbocycles. The van der Waals surface area contributed by atoms with Gasteiger partial charge in [0.25, 0.3) is 0 Å². The Bertz CT molecular complexity index is 86.4. The van der Waals surface area contributed by atoms with Gasteiger partial charge in [0.2, 0.25) is 0 Å². The molecule has 1 atom stereocenters. The van der Waals surface area contributed by atoms with Gasteiger partial charge in [-0.2, -0.15) is 0 Å². The van der Waals surface area contributed by atoms with Gasteiger partial charge in [0.1, 0.15) is 0 Å². The van der Waals surface area contributed by atoms with Crippen molar-refractivity contribution in [2.45, 2.75) is 12.5 Å². The van der Waals surface area contributed by atoms with E-state index in [1.807, 2.05) is 0 Å². The van der Waals surface area contributed by atoms with Crippen LogP contribution in [0, 0.1) is 0 Å². The van der Waals surface area contributed by atoms with Gasteiger partial charge in [0.15, 0.2) is 0 Å². The fraction of sp³-hybridized carbons (Fsp3) is 1.00. The summed E-state index contributed by atoms with van der Waals surface area (Å²) in [5.41, 5.74) is 5.42. The molecule has 0 rings (SSSR count). The summed E-state index contributed by atoms with van der Waals surface area (Å²) < 4.78 is 15.1. The first-order valence-electron chi connectivity index (χ1n) is 4.14. The average molecular weight is 177 g/mol. The number of rotatable bonds is 8. The molecule has 0 aromatic heterocycles. The summed E-state index contributed by atoms with van der Waals surface area (Å²) >= 11 is 0. The number of hydrogen-bond acceptors (Lipinski definition) is 4. The summed E-state index contributed by atoms with van der Waals surface area (Å²) in [5, 5.41) is 0. The van der Waals surface area contributed by atoms with E-state index in [0.717, 1.165) is 6.42 Å². The van der Waals surface area contributed by atoms with Crippen molar-refractivity contribution in [2.75, 3.05) is 40.6 Å². The normalized spacial score (nSPS) is 13.2. The van der Waals surface area contributed by atoms with Gasteiger partial charge < -0.3 is 19.9 Å². The zero-order chi connectivity index (χ0) is 9.23. The second-order valence-corrected chi connectivity index (χ2v) is 2.49. The van der Waals surface area contributed by atoms with E-state index in [-0.39, 0.29) is 6.10 Å². The fourth-order valence-electron chi connectivity index (χ4n) is 0.791. The highest BCUT2D eigenvalue weighted by molar-refractivity contribution is 4.56. The Hall–Kier alpha value is -0.160. The molecule has 74 valence electrons. The van der Waals surface area contributed by atoms with Crippen molar-refractivity contribution >= 4 is 0 Å². The summed E-state index contributed by atoms with van der Waals surface area (Å²) in [6.45, 7) is 2.50. The van der Waals surface area contributed by atoms with Crippen molar-refractivity contribution < 1.29 is 14.2 Å². The maximum Gasteiger partial charge on any atom is 0.0715 e. The van der Waals surface area contributed by atoms with Crippen molar-refractivity contribution in [3.63, 3.8) is 0 Å². The standard InChI is InChI=1S/C8H19NO3/c1-10-5-6-12-4-3-8(7-9)11-2/h8H,3-7,9H2,1-2H3. The molecule has 4 nitrogen and oxygen atoms in total. The van der Waals surface area contributed by atoms with Crippen LogP contribution in [0.1, 0.15) is 6.42 Å². The summed E-state index contributed by atoms with van der Waals surface area (Å²) in [4.78, 5) is 0. The first kappa shape index (κ1) is 11.8. The number of ether oxygens (including phenoxy) is 3. The smallest absolute Gasteiger partial charge is 0.0715 e. The molecule has 0 amide bonds. The van der Waals surface area contributed by atoms with Gasteiger partial charge in [-0.1, -0.05) is 0 Å². The van der Waals surface area contributed by atoms with E-state index in [0.29, 0.717) is 26.4 Å². The lowest BCUT2D eigenvalue weighted by Crippen LogP contribution is -2.24. The van der Waals surface area contributed by atoms with Crippen LogP contribution in [0.2, 0.25) is 0 Å². The van der Waals surface area contributed by atoms with Crippen molar-refractivity contribution in [3.05, 3.63) is 0 Å². The van der Waals surface area contributed by atoms with Crippen molar-refractivity contribution in [1.29, 1.82) is 0 Å². The molecule has 1 unspecified atom stereocenters. The lowest BCUT2D eigenvalue weighted by atomic mass is 10.3. The van der Waals surface area contributed by atoms with Crippen LogP contribution in [-0.2, 0) is 14.2 Å². The maximum absolute atomic E-state index is 5.42. The Kier molecular flexibility index (Phi) is 8.81. The molecule has 0 heterocycles. The largest absolute Gasteiger partial charge is 0.382 e. The van der Waals surface area contributed by atoms with Crippen molar-refractivity contribution in [3.8, 4) is 0 Å². The summed E-state index contributed by atoms with van der Waals surface area (Å²) in [6.07, 6.45) is 0.962. The summed E-state index contributed by atoms with van der Waals surface area (Å²) in [6, 6.07) is 0. The zero-order valence-corrected chi connectivity index (χ0v) is 7.91. The van der Waals surface area contributed by atoms with Crippen LogP contribution in [0.25, 0.3) is 0 Å². The van der Waals surface area contributed by atoms with E-state index < -0.39 is 0 Å². The first-order valence-corrected chi connectivity index (χ1v) is 4.14. The van der Waals surface area contributed by atoms with E-state index in [1.54, 1.807) is 14.2 Å². The van der Waals surface area contributed by atoms with Crippen LogP contribution >= 0.6 is 0 Å². The monoisotopic (exact) mass is 177 g/mol. The van der Waals surface area contributed by atoms with Gasteiger partial charge >= 0.3 is 0 Å². The van der Waals surface area contributed by atoms with Gasteiger partial charge in [-0.15, -0.1) is 0 Å². The molecule has 0 aromatic rings. The molecular formula is C8H19NO3. The van der Waals surface area contributed by atoms with Crippen LogP contribution in [-0.4, -0.2) is 46.7 Å². The highest BCUT2D eigenvalue weighted by atomic mass is 16.5. The maximum atomic E-state index is 5.42. The fourth-order valence-corrected chi connectivity index (χ4v) is 0.791. The minimum absolute atomic E-state index is 0.118. The predicted molar refractivity (Wildman–Crippen MR) is 47.2 cm³/mol. The van der Waals surface area contributed by atoms with E-state index in [9.17, 15) is 0 Å². The van der Waals surface area contributed by atoms with Crippen molar-refractivity contribution in [1.82, 2.24) is 0 Å². The molecule has 0 aromatic carbocycles. The minimum atomic E-state index is 0.118. The van der Waals surface area contributed by atoms with Crippen LogP contribution < -0.4 is 5.73 Å². The Morgan fingerprint density at radius 1 is 1.17 bits per heavy atom. The van der Waals surface area contributed by atoms with Crippen molar-refractivity contribution in [2.24, 2.45) is 5.73 Å². The van der Waals surface area contributed by atoms with E-state index in [2.05, 4.69) is 0 Å². The highest BCUT2D eigenvalue weighted by Crippen LogP contribution is 1.94. The Balaban J connectivity index is 3.06. The lowest BCUT2D eigenvalue weighted by molar-refractivity contribution is 0.0354. The molecule has 4 heteroatoms. The van der Waals surface area contributed by atoms with Crippen LogP contribution in [0.3, 0.4) is 0 Å². The third kappa shape index (κ3) is 6.54. The lowest BCUT2D eigenvalue weighted by Gasteiger charge is -2.12. The molecule has 0 saturated heterocycles. The Morgan fingerprint density at radius 3 is 2.42 bits per heavy atom. The molecule has 2 N–H and O–H groups in total. The third-order valence-electron chi connectivity index (χ3n) is 1.61. The van der Waals surface area contributed by atoms with Gasteiger partial charge in [-0.05, 0) is 6.42 Å². The first-order chi connectivity index (χ1) is 5.85. The second-order valence-electron chi connectivity index (χ2n) is 2.49. The molecule has 0 aliphatic carbocycles. The van der Waals surface area contributed by atoms with Gasteiger partial charge in [-0.3, -0.25) is 0 Å². The van der Waals surface area contributed by atoms with Crippen LogP contribution in [0.4, 0.5) is 0 Å². The molecule has 0 spiro atoms. The number of hydrogen-bond donors (Lipinski definition) is 1. The molecular weight excluding hydrogens is 158 g/mol. The average Bonchev–Trinajstić information content (AvgIpc) is 2.11. The molecule has 0 radical (unpaired) electrons. The molecule has 0 bridgehead atoms. The van der Waals surface area contributed by atoms with Crippen LogP contribution in [0.5, 0.6) is 0 Å². The van der Waals surface area contributed by atoms with E-state index in [1.165, 1.54) is 0 Å². The number of nitrogens with two attached hydrogens (primary N) is 1. The molecule has 0 fully saturated rings. The van der Waals surface area contributed by atoms with Crippen LogP contribution in [0.15, 0.2) is 0 Å². The molecule has 12 heavy (non-hydrogen) atoms. The Morgan fingerprint density at radius 2 is 1.92 bits per heavy atom. The van der Waals surface area contributed by atoms with Gasteiger partial charge in [0.05, 0.1) is 19.3 Å². The van der Waals surface area contributed by atoms with E-state index in [4.69, 9.17) is 19.9 Å². The summed E-state index contributed by atoms with van der Waals surface area (Å²) in [7, 11) is 3.31. The second kappa shape index (κ2) is 8.93. The molecule has 0 aliphatic heterocycles. The zero-order valence-electron chi connectivity index (χ0n) is 7.91. The Labute approximate surface area is 74.0 Å². The quantitative estimate of drug-likeness (QED) is 0.531. The SMILES string of the molecule is COCCOCCC(CN)OC.